The summed E-state index contributed by atoms with van der Waals surface area (Å²) in [6.07, 6.45) is -6.31. The lowest BCUT2D eigenvalue weighted by Gasteiger charge is -2.26. The number of hydrogen-bond donors (Lipinski definition) is 0. The van der Waals surface area contributed by atoms with Crippen LogP contribution in [0.2, 0.25) is 5.02 Å². The smallest absolute Gasteiger partial charge is 0.413 e. The standard InChI is InChI=1S/C16H12ClF4NO4/c1-7(2)26-15(25)9-5-12(11(18)6-10(9)17)22-13(23)3-8(4-14(22)24)16(19,20)21/h3,5-7H,4H2,1-2H3. The molecule has 0 saturated carbocycles. The van der Waals surface area contributed by atoms with E-state index in [1.807, 2.05) is 0 Å². The van der Waals surface area contributed by atoms with Crippen LogP contribution < -0.4 is 4.90 Å². The molecule has 1 aliphatic heterocycles. The Bertz CT molecular complexity index is 817. The van der Waals surface area contributed by atoms with E-state index in [4.69, 9.17) is 16.3 Å². The van der Waals surface area contributed by atoms with Crippen LogP contribution >= 0.6 is 11.6 Å². The number of imide groups is 1. The first-order chi connectivity index (χ1) is 11.9. The number of ether oxygens (including phenoxy) is 1. The maximum absolute atomic E-state index is 14.2. The van der Waals surface area contributed by atoms with Gasteiger partial charge in [0.05, 0.1) is 28.8 Å². The minimum atomic E-state index is -4.86. The molecular weight excluding hydrogens is 382 g/mol. The molecule has 1 aromatic rings. The van der Waals surface area contributed by atoms with Crippen molar-refractivity contribution >= 4 is 35.1 Å². The van der Waals surface area contributed by atoms with Crippen LogP contribution in [0, 0.1) is 5.82 Å². The number of halogens is 5. The number of anilines is 1. The van der Waals surface area contributed by atoms with Crippen molar-refractivity contribution in [3.05, 3.63) is 40.2 Å². The molecule has 1 aromatic carbocycles. The Morgan fingerprint density at radius 2 is 1.88 bits per heavy atom. The normalized spacial score (nSPS) is 15.4. The third-order valence-corrected chi connectivity index (χ3v) is 3.63. The van der Waals surface area contributed by atoms with Crippen molar-refractivity contribution in [1.29, 1.82) is 0 Å². The monoisotopic (exact) mass is 393 g/mol. The number of alkyl halides is 3. The molecule has 0 radical (unpaired) electrons. The summed E-state index contributed by atoms with van der Waals surface area (Å²) < 4.78 is 57.2. The third-order valence-electron chi connectivity index (χ3n) is 3.31. The molecule has 1 heterocycles. The summed E-state index contributed by atoms with van der Waals surface area (Å²) in [7, 11) is 0. The average molecular weight is 394 g/mol. The molecule has 0 atom stereocenters. The van der Waals surface area contributed by atoms with Crippen LogP contribution in [0.5, 0.6) is 0 Å². The number of carbonyl (C=O) groups is 3. The van der Waals surface area contributed by atoms with Gasteiger partial charge < -0.3 is 4.74 Å². The number of rotatable bonds is 3. The Labute approximate surface area is 150 Å². The van der Waals surface area contributed by atoms with E-state index in [1.54, 1.807) is 13.8 Å². The number of esters is 1. The fourth-order valence-electron chi connectivity index (χ4n) is 2.21. The van der Waals surface area contributed by atoms with Gasteiger partial charge in [0.25, 0.3) is 5.91 Å². The average Bonchev–Trinajstić information content (AvgIpc) is 2.46. The zero-order valence-corrected chi connectivity index (χ0v) is 14.2. The Hall–Kier alpha value is -2.42. The SMILES string of the molecule is CC(C)OC(=O)c1cc(N2C(=O)C=C(C(F)(F)F)CC2=O)c(F)cc1Cl. The number of carbonyl (C=O) groups excluding carboxylic acids is 3. The van der Waals surface area contributed by atoms with Gasteiger partial charge in [-0.05, 0) is 26.0 Å². The Balaban J connectivity index is 2.49. The molecule has 0 unspecified atom stereocenters. The second kappa shape index (κ2) is 7.06. The molecule has 0 aliphatic carbocycles. The molecule has 2 rings (SSSR count). The molecule has 26 heavy (non-hydrogen) atoms. The van der Waals surface area contributed by atoms with Crippen molar-refractivity contribution in [2.75, 3.05) is 4.90 Å². The van der Waals surface area contributed by atoms with Crippen molar-refractivity contribution in [3.8, 4) is 0 Å². The van der Waals surface area contributed by atoms with Gasteiger partial charge >= 0.3 is 12.1 Å². The van der Waals surface area contributed by atoms with E-state index in [0.29, 0.717) is 6.07 Å². The van der Waals surface area contributed by atoms with Gasteiger partial charge in [0, 0.05) is 11.6 Å². The maximum Gasteiger partial charge on any atom is 0.413 e. The zero-order chi connectivity index (χ0) is 19.8. The second-order valence-electron chi connectivity index (χ2n) is 5.65. The van der Waals surface area contributed by atoms with Gasteiger partial charge in [-0.2, -0.15) is 13.2 Å². The first-order valence-corrected chi connectivity index (χ1v) is 7.64. The van der Waals surface area contributed by atoms with E-state index in [1.165, 1.54) is 0 Å². The topological polar surface area (TPSA) is 63.7 Å². The fourth-order valence-corrected chi connectivity index (χ4v) is 2.44. The summed E-state index contributed by atoms with van der Waals surface area (Å²) in [5, 5.41) is -0.333. The fraction of sp³-hybridized carbons (Fsp3) is 0.312. The lowest BCUT2D eigenvalue weighted by molar-refractivity contribution is -0.129. The molecule has 0 N–H and O–H groups in total. The van der Waals surface area contributed by atoms with Crippen molar-refractivity contribution in [1.82, 2.24) is 0 Å². The molecule has 0 aromatic heterocycles. The molecule has 0 bridgehead atoms. The predicted octanol–water partition coefficient (Wildman–Crippen LogP) is 3.80. The number of nitrogens with zero attached hydrogens (tertiary/aromatic N) is 1. The number of hydrogen-bond acceptors (Lipinski definition) is 4. The minimum absolute atomic E-state index is 0.210. The summed E-state index contributed by atoms with van der Waals surface area (Å²) in [6.45, 7) is 3.11. The highest BCUT2D eigenvalue weighted by Crippen LogP contribution is 2.35. The van der Waals surface area contributed by atoms with E-state index < -0.39 is 53.6 Å². The molecule has 140 valence electrons. The second-order valence-corrected chi connectivity index (χ2v) is 6.06. The summed E-state index contributed by atoms with van der Waals surface area (Å²) in [6, 6.07) is 1.47. The first-order valence-electron chi connectivity index (χ1n) is 7.26. The van der Waals surface area contributed by atoms with Gasteiger partial charge in [-0.3, -0.25) is 9.59 Å². The Morgan fingerprint density at radius 1 is 1.27 bits per heavy atom. The van der Waals surface area contributed by atoms with Crippen LogP contribution in [-0.2, 0) is 14.3 Å². The van der Waals surface area contributed by atoms with E-state index in [2.05, 4.69) is 0 Å². The van der Waals surface area contributed by atoms with Gasteiger partial charge in [0.1, 0.15) is 5.82 Å². The van der Waals surface area contributed by atoms with Gasteiger partial charge in [-0.15, -0.1) is 0 Å². The zero-order valence-electron chi connectivity index (χ0n) is 13.5. The Kier molecular flexibility index (Phi) is 5.41. The van der Waals surface area contributed by atoms with Crippen molar-refractivity contribution < 1.29 is 36.7 Å². The maximum atomic E-state index is 14.2. The van der Waals surface area contributed by atoms with Gasteiger partial charge in [0.15, 0.2) is 0 Å². The first kappa shape index (κ1) is 19.9. The van der Waals surface area contributed by atoms with Crippen LogP contribution in [0.1, 0.15) is 30.6 Å². The highest BCUT2D eigenvalue weighted by Gasteiger charge is 2.41. The molecule has 5 nitrogen and oxygen atoms in total. The van der Waals surface area contributed by atoms with Gasteiger partial charge in [-0.25, -0.2) is 14.1 Å². The van der Waals surface area contributed by atoms with E-state index in [-0.39, 0.29) is 21.6 Å². The number of benzene rings is 1. The quantitative estimate of drug-likeness (QED) is 0.445. The molecule has 0 saturated heterocycles. The molecule has 2 amide bonds. The minimum Gasteiger partial charge on any atom is -0.459 e. The molecular formula is C16H12ClF4NO4. The largest absolute Gasteiger partial charge is 0.459 e. The third kappa shape index (κ3) is 4.04. The summed E-state index contributed by atoms with van der Waals surface area (Å²) in [4.78, 5) is 36.2. The molecule has 10 heteroatoms. The van der Waals surface area contributed by atoms with Gasteiger partial charge in [-0.1, -0.05) is 11.6 Å². The molecule has 1 aliphatic rings. The number of amides is 2. The van der Waals surface area contributed by atoms with Crippen LogP contribution in [0.15, 0.2) is 23.8 Å². The van der Waals surface area contributed by atoms with Crippen molar-refractivity contribution in [2.24, 2.45) is 0 Å². The van der Waals surface area contributed by atoms with E-state index >= 15 is 0 Å². The summed E-state index contributed by atoms with van der Waals surface area (Å²) in [5.74, 6) is -4.75. The van der Waals surface area contributed by atoms with Crippen LogP contribution in [-0.4, -0.2) is 30.1 Å². The van der Waals surface area contributed by atoms with Crippen molar-refractivity contribution in [3.63, 3.8) is 0 Å². The Morgan fingerprint density at radius 3 is 2.38 bits per heavy atom. The van der Waals surface area contributed by atoms with Crippen LogP contribution in [0.3, 0.4) is 0 Å². The predicted molar refractivity (Wildman–Crippen MR) is 83.2 cm³/mol. The van der Waals surface area contributed by atoms with E-state index in [0.717, 1.165) is 6.07 Å². The molecule has 0 fully saturated rings. The summed E-state index contributed by atoms with van der Waals surface area (Å²) >= 11 is 5.78. The lowest BCUT2D eigenvalue weighted by Crippen LogP contribution is -2.41. The molecule has 0 spiro atoms. The van der Waals surface area contributed by atoms with Crippen LogP contribution in [0.4, 0.5) is 23.2 Å². The lowest BCUT2D eigenvalue weighted by atomic mass is 10.0. The van der Waals surface area contributed by atoms with Gasteiger partial charge in [0.2, 0.25) is 5.91 Å². The van der Waals surface area contributed by atoms with Crippen molar-refractivity contribution in [2.45, 2.75) is 32.5 Å². The summed E-state index contributed by atoms with van der Waals surface area (Å²) in [5.41, 5.74) is -2.35. The highest BCUT2D eigenvalue weighted by molar-refractivity contribution is 6.34. The van der Waals surface area contributed by atoms with Crippen LogP contribution in [0.25, 0.3) is 0 Å². The van der Waals surface area contributed by atoms with E-state index in [9.17, 15) is 31.9 Å². The highest BCUT2D eigenvalue weighted by atomic mass is 35.5.